The standard InChI is InChI=1S/C14H17N3O3S/c1-8-15-12-6-11(13(17(18)19)7-14(12)21-8)16-9-3-4-10(5-9)20-2/h6-7,9-10,16H,3-5H2,1-2H3. The number of fused-ring (bicyclic) bond motifs is 1. The van der Waals surface area contributed by atoms with Crippen LogP contribution in [0.25, 0.3) is 10.2 Å². The average molecular weight is 307 g/mol. The van der Waals surface area contributed by atoms with Crippen LogP contribution in [0.15, 0.2) is 12.1 Å². The van der Waals surface area contributed by atoms with E-state index in [0.29, 0.717) is 5.69 Å². The number of hydrogen-bond donors (Lipinski definition) is 1. The number of benzene rings is 1. The van der Waals surface area contributed by atoms with Crippen LogP contribution in [0.5, 0.6) is 0 Å². The molecule has 0 bridgehead atoms. The fourth-order valence-corrected chi connectivity index (χ4v) is 3.69. The van der Waals surface area contributed by atoms with Crippen molar-refractivity contribution in [2.24, 2.45) is 0 Å². The van der Waals surface area contributed by atoms with Crippen LogP contribution in [0, 0.1) is 17.0 Å². The predicted octanol–water partition coefficient (Wildman–Crippen LogP) is 3.49. The third kappa shape index (κ3) is 2.84. The molecule has 3 rings (SSSR count). The molecular weight excluding hydrogens is 290 g/mol. The number of rotatable bonds is 4. The number of aromatic nitrogens is 1. The Morgan fingerprint density at radius 3 is 2.95 bits per heavy atom. The van der Waals surface area contributed by atoms with Gasteiger partial charge in [-0.2, -0.15) is 0 Å². The Labute approximate surface area is 126 Å². The summed E-state index contributed by atoms with van der Waals surface area (Å²) in [5.41, 5.74) is 1.48. The second-order valence-corrected chi connectivity index (χ2v) is 6.57. The Hall–Kier alpha value is -1.73. The minimum absolute atomic E-state index is 0.118. The lowest BCUT2D eigenvalue weighted by atomic mass is 10.2. The van der Waals surface area contributed by atoms with Crippen LogP contribution >= 0.6 is 11.3 Å². The molecule has 2 aromatic rings. The van der Waals surface area contributed by atoms with Crippen LogP contribution in [0.2, 0.25) is 0 Å². The van der Waals surface area contributed by atoms with Gasteiger partial charge in [0.05, 0.1) is 26.3 Å². The number of nitro groups is 1. The molecule has 0 radical (unpaired) electrons. The maximum absolute atomic E-state index is 11.3. The fraction of sp³-hybridized carbons (Fsp3) is 0.500. The summed E-state index contributed by atoms with van der Waals surface area (Å²) in [6.45, 7) is 1.91. The van der Waals surface area contributed by atoms with E-state index in [-0.39, 0.29) is 22.8 Å². The summed E-state index contributed by atoms with van der Waals surface area (Å²) < 4.78 is 6.20. The molecule has 2 atom stereocenters. The summed E-state index contributed by atoms with van der Waals surface area (Å²) in [5.74, 6) is 0. The molecule has 6 nitrogen and oxygen atoms in total. The van der Waals surface area contributed by atoms with Crippen molar-refractivity contribution in [3.8, 4) is 0 Å². The first-order valence-corrected chi connectivity index (χ1v) is 7.73. The van der Waals surface area contributed by atoms with Crippen molar-refractivity contribution < 1.29 is 9.66 Å². The third-order valence-corrected chi connectivity index (χ3v) is 4.82. The highest BCUT2D eigenvalue weighted by Crippen LogP contribution is 2.35. The predicted molar refractivity (Wildman–Crippen MR) is 83.1 cm³/mol. The van der Waals surface area contributed by atoms with Crippen molar-refractivity contribution in [3.63, 3.8) is 0 Å². The monoisotopic (exact) mass is 307 g/mol. The molecule has 1 N–H and O–H groups in total. The van der Waals surface area contributed by atoms with Gasteiger partial charge in [-0.3, -0.25) is 10.1 Å². The average Bonchev–Trinajstić information content (AvgIpc) is 3.02. The summed E-state index contributed by atoms with van der Waals surface area (Å²) in [7, 11) is 1.71. The second-order valence-electron chi connectivity index (χ2n) is 5.34. The molecule has 1 heterocycles. The van der Waals surface area contributed by atoms with Crippen LogP contribution in [-0.2, 0) is 4.74 Å². The van der Waals surface area contributed by atoms with Gasteiger partial charge in [0.2, 0.25) is 0 Å². The Balaban J connectivity index is 1.92. The van der Waals surface area contributed by atoms with Gasteiger partial charge in [-0.25, -0.2) is 4.98 Å². The Morgan fingerprint density at radius 1 is 1.48 bits per heavy atom. The molecule has 1 aliphatic carbocycles. The number of anilines is 1. The number of methoxy groups -OCH3 is 1. The van der Waals surface area contributed by atoms with Crippen LogP contribution in [-0.4, -0.2) is 29.2 Å². The van der Waals surface area contributed by atoms with Gasteiger partial charge in [-0.1, -0.05) is 0 Å². The zero-order chi connectivity index (χ0) is 15.0. The highest BCUT2D eigenvalue weighted by atomic mass is 32.1. The molecule has 1 saturated carbocycles. The van der Waals surface area contributed by atoms with Gasteiger partial charge >= 0.3 is 0 Å². The number of ether oxygens (including phenoxy) is 1. The maximum Gasteiger partial charge on any atom is 0.293 e. The summed E-state index contributed by atoms with van der Waals surface area (Å²) >= 11 is 1.48. The van der Waals surface area contributed by atoms with E-state index in [1.54, 1.807) is 19.2 Å². The van der Waals surface area contributed by atoms with Crippen molar-refractivity contribution >= 4 is 32.9 Å². The van der Waals surface area contributed by atoms with Crippen molar-refractivity contribution in [2.45, 2.75) is 38.3 Å². The third-order valence-electron chi connectivity index (χ3n) is 3.89. The molecule has 21 heavy (non-hydrogen) atoms. The molecule has 1 aliphatic rings. The van der Waals surface area contributed by atoms with Crippen LogP contribution < -0.4 is 5.32 Å². The van der Waals surface area contributed by atoms with Crippen LogP contribution in [0.4, 0.5) is 11.4 Å². The molecule has 1 fully saturated rings. The summed E-state index contributed by atoms with van der Waals surface area (Å²) in [5, 5.41) is 15.5. The van der Waals surface area contributed by atoms with Crippen LogP contribution in [0.1, 0.15) is 24.3 Å². The summed E-state index contributed by atoms with van der Waals surface area (Å²) in [4.78, 5) is 15.4. The maximum atomic E-state index is 11.3. The minimum atomic E-state index is -0.334. The van der Waals surface area contributed by atoms with Gasteiger partial charge in [0.1, 0.15) is 5.69 Å². The highest BCUT2D eigenvalue weighted by Gasteiger charge is 2.27. The zero-order valence-electron chi connectivity index (χ0n) is 12.0. The lowest BCUT2D eigenvalue weighted by Crippen LogP contribution is -2.18. The van der Waals surface area contributed by atoms with E-state index in [4.69, 9.17) is 4.74 Å². The molecule has 112 valence electrons. The van der Waals surface area contributed by atoms with E-state index in [9.17, 15) is 10.1 Å². The normalized spacial score (nSPS) is 21.8. The molecule has 0 spiro atoms. The molecule has 1 aromatic heterocycles. The van der Waals surface area contributed by atoms with Gasteiger partial charge in [0.15, 0.2) is 0 Å². The quantitative estimate of drug-likeness (QED) is 0.691. The largest absolute Gasteiger partial charge is 0.381 e. The molecule has 1 aromatic carbocycles. The molecular formula is C14H17N3O3S. The summed E-state index contributed by atoms with van der Waals surface area (Å²) in [6, 6.07) is 3.62. The van der Waals surface area contributed by atoms with E-state index >= 15 is 0 Å². The van der Waals surface area contributed by atoms with E-state index in [1.807, 2.05) is 6.92 Å². The van der Waals surface area contributed by atoms with E-state index < -0.39 is 0 Å². The number of nitrogens with one attached hydrogen (secondary N) is 1. The highest BCUT2D eigenvalue weighted by molar-refractivity contribution is 7.18. The molecule has 2 unspecified atom stereocenters. The van der Waals surface area contributed by atoms with Crippen molar-refractivity contribution in [3.05, 3.63) is 27.3 Å². The van der Waals surface area contributed by atoms with Crippen molar-refractivity contribution in [1.82, 2.24) is 4.98 Å². The zero-order valence-corrected chi connectivity index (χ0v) is 12.8. The molecule has 7 heteroatoms. The van der Waals surface area contributed by atoms with Gasteiger partial charge in [-0.15, -0.1) is 11.3 Å². The van der Waals surface area contributed by atoms with Gasteiger partial charge in [0.25, 0.3) is 5.69 Å². The molecule has 0 aliphatic heterocycles. The van der Waals surface area contributed by atoms with Gasteiger partial charge in [-0.05, 0) is 32.3 Å². The molecule has 0 saturated heterocycles. The summed E-state index contributed by atoms with van der Waals surface area (Å²) in [6.07, 6.45) is 3.07. The number of nitrogens with zero attached hydrogens (tertiary/aromatic N) is 2. The van der Waals surface area contributed by atoms with Gasteiger partial charge < -0.3 is 10.1 Å². The van der Waals surface area contributed by atoms with E-state index in [1.165, 1.54) is 11.3 Å². The van der Waals surface area contributed by atoms with Crippen LogP contribution in [0.3, 0.4) is 0 Å². The van der Waals surface area contributed by atoms with Gasteiger partial charge in [0, 0.05) is 19.2 Å². The minimum Gasteiger partial charge on any atom is -0.381 e. The Morgan fingerprint density at radius 2 is 2.29 bits per heavy atom. The smallest absolute Gasteiger partial charge is 0.293 e. The molecule has 0 amide bonds. The first-order chi connectivity index (χ1) is 10.1. The van der Waals surface area contributed by atoms with E-state index in [0.717, 1.165) is 34.5 Å². The lowest BCUT2D eigenvalue weighted by molar-refractivity contribution is -0.383. The SMILES string of the molecule is COC1CCC(Nc2cc3nc(C)sc3cc2[N+](=O)[O-])C1. The fourth-order valence-electron chi connectivity index (χ4n) is 2.85. The first kappa shape index (κ1) is 14.2. The van der Waals surface area contributed by atoms with E-state index in [2.05, 4.69) is 10.3 Å². The number of hydrogen-bond acceptors (Lipinski definition) is 6. The Bertz CT molecular complexity index is 685. The van der Waals surface area contributed by atoms with Crippen molar-refractivity contribution in [1.29, 1.82) is 0 Å². The topological polar surface area (TPSA) is 77.3 Å². The number of thiazole rings is 1. The number of aryl methyl sites for hydroxylation is 1. The second kappa shape index (κ2) is 5.57. The number of nitro benzene ring substituents is 1. The Kier molecular flexibility index (Phi) is 3.77. The van der Waals surface area contributed by atoms with Crippen molar-refractivity contribution in [2.75, 3.05) is 12.4 Å². The lowest BCUT2D eigenvalue weighted by Gasteiger charge is -2.14. The first-order valence-electron chi connectivity index (χ1n) is 6.91.